The monoisotopic (exact) mass is 267 g/mol. The van der Waals surface area contributed by atoms with E-state index < -0.39 is 12.6 Å². The van der Waals surface area contributed by atoms with Crippen molar-refractivity contribution in [1.29, 1.82) is 0 Å². The average Bonchev–Trinajstić information content (AvgIpc) is 2.21. The van der Waals surface area contributed by atoms with Crippen LogP contribution in [0.25, 0.3) is 0 Å². The molecule has 0 atom stereocenters. The number of phenols is 1. The number of rotatable bonds is 5. The molecule has 0 aliphatic heterocycles. The third kappa shape index (κ3) is 5.79. The zero-order chi connectivity index (χ0) is 12.9. The Kier molecular flexibility index (Phi) is 5.08. The Morgan fingerprint density at radius 3 is 2.65 bits per heavy atom. The first-order valence-corrected chi connectivity index (χ1v) is 5.51. The summed E-state index contributed by atoms with van der Waals surface area (Å²) in [6.45, 7) is 0.537. The van der Waals surface area contributed by atoms with Crippen molar-refractivity contribution in [2.24, 2.45) is 0 Å². The molecular weight excluding hydrogens is 255 g/mol. The predicted octanol–water partition coefficient (Wildman–Crippen LogP) is 3.48. The molecule has 0 aromatic heterocycles. The van der Waals surface area contributed by atoms with Crippen molar-refractivity contribution in [2.45, 2.75) is 25.6 Å². The van der Waals surface area contributed by atoms with Crippen molar-refractivity contribution in [2.75, 3.05) is 6.54 Å². The molecule has 96 valence electrons. The normalized spacial score (nSPS) is 11.8. The predicted molar refractivity (Wildman–Crippen MR) is 60.1 cm³/mol. The van der Waals surface area contributed by atoms with Gasteiger partial charge in [0.2, 0.25) is 0 Å². The Hall–Kier alpha value is -0.940. The lowest BCUT2D eigenvalue weighted by Crippen LogP contribution is -2.17. The van der Waals surface area contributed by atoms with Crippen LogP contribution in [0, 0.1) is 0 Å². The van der Waals surface area contributed by atoms with Gasteiger partial charge in [-0.05, 0) is 31.2 Å². The van der Waals surface area contributed by atoms with Crippen molar-refractivity contribution in [3.8, 4) is 5.75 Å². The van der Waals surface area contributed by atoms with Gasteiger partial charge in [0.1, 0.15) is 5.75 Å². The Morgan fingerprint density at radius 1 is 1.29 bits per heavy atom. The summed E-state index contributed by atoms with van der Waals surface area (Å²) in [7, 11) is 0. The second-order valence-corrected chi connectivity index (χ2v) is 4.10. The number of benzene rings is 1. The topological polar surface area (TPSA) is 32.3 Å². The first kappa shape index (κ1) is 14.1. The van der Waals surface area contributed by atoms with Crippen LogP contribution in [-0.4, -0.2) is 17.8 Å². The largest absolute Gasteiger partial charge is 0.508 e. The van der Waals surface area contributed by atoms with Crippen LogP contribution in [0.1, 0.15) is 18.4 Å². The number of phenolic OH excluding ortho intramolecular Hbond substituents is 1. The van der Waals surface area contributed by atoms with Crippen LogP contribution in [0.15, 0.2) is 18.2 Å². The smallest absolute Gasteiger partial charge is 0.389 e. The van der Waals surface area contributed by atoms with Gasteiger partial charge in [-0.3, -0.25) is 0 Å². The van der Waals surface area contributed by atoms with Crippen molar-refractivity contribution in [3.05, 3.63) is 28.8 Å². The van der Waals surface area contributed by atoms with Gasteiger partial charge in [-0.25, -0.2) is 0 Å². The van der Waals surface area contributed by atoms with E-state index in [2.05, 4.69) is 5.32 Å². The molecule has 1 aromatic carbocycles. The zero-order valence-corrected chi connectivity index (χ0v) is 9.78. The van der Waals surface area contributed by atoms with Crippen LogP contribution in [0.4, 0.5) is 13.2 Å². The first-order chi connectivity index (χ1) is 7.88. The maximum Gasteiger partial charge on any atom is 0.389 e. The Labute approximate surface area is 102 Å². The van der Waals surface area contributed by atoms with E-state index in [1.54, 1.807) is 12.1 Å². The van der Waals surface area contributed by atoms with E-state index in [9.17, 15) is 18.3 Å². The lowest BCUT2D eigenvalue weighted by Gasteiger charge is -2.08. The van der Waals surface area contributed by atoms with Crippen LogP contribution in [0.3, 0.4) is 0 Å². The van der Waals surface area contributed by atoms with Crippen molar-refractivity contribution in [3.63, 3.8) is 0 Å². The van der Waals surface area contributed by atoms with E-state index in [1.807, 2.05) is 0 Å². The Morgan fingerprint density at radius 2 is 2.00 bits per heavy atom. The minimum Gasteiger partial charge on any atom is -0.508 e. The summed E-state index contributed by atoms with van der Waals surface area (Å²) >= 11 is 5.73. The van der Waals surface area contributed by atoms with Crippen LogP contribution in [-0.2, 0) is 6.54 Å². The highest BCUT2D eigenvalue weighted by Crippen LogP contribution is 2.22. The quantitative estimate of drug-likeness (QED) is 0.801. The molecule has 6 heteroatoms. The molecule has 1 aromatic rings. The molecule has 0 saturated heterocycles. The van der Waals surface area contributed by atoms with E-state index in [4.69, 9.17) is 11.6 Å². The summed E-state index contributed by atoms with van der Waals surface area (Å²) in [5.74, 6) is 0.0812. The second-order valence-electron chi connectivity index (χ2n) is 3.67. The number of hydrogen-bond donors (Lipinski definition) is 2. The molecule has 2 N–H and O–H groups in total. The van der Waals surface area contributed by atoms with E-state index >= 15 is 0 Å². The van der Waals surface area contributed by atoms with E-state index in [1.165, 1.54) is 6.07 Å². The fraction of sp³-hybridized carbons (Fsp3) is 0.455. The maximum absolute atomic E-state index is 11.8. The molecule has 17 heavy (non-hydrogen) atoms. The molecule has 0 heterocycles. The van der Waals surface area contributed by atoms with Gasteiger partial charge in [0, 0.05) is 23.6 Å². The molecule has 0 fully saturated rings. The third-order valence-electron chi connectivity index (χ3n) is 2.17. The lowest BCUT2D eigenvalue weighted by molar-refractivity contribution is -0.135. The minimum absolute atomic E-state index is 0.0187. The molecule has 0 aliphatic rings. The molecular formula is C11H13ClF3NO. The Bertz CT molecular complexity index is 368. The van der Waals surface area contributed by atoms with Gasteiger partial charge in [0.25, 0.3) is 0 Å². The number of aromatic hydroxyl groups is 1. The van der Waals surface area contributed by atoms with Crippen molar-refractivity contribution >= 4 is 11.6 Å². The molecule has 2 nitrogen and oxygen atoms in total. The first-order valence-electron chi connectivity index (χ1n) is 5.13. The summed E-state index contributed by atoms with van der Waals surface area (Å²) in [4.78, 5) is 0. The molecule has 0 radical (unpaired) electrons. The van der Waals surface area contributed by atoms with Crippen molar-refractivity contribution in [1.82, 2.24) is 5.32 Å². The standard InChI is InChI=1S/C11H13ClF3NO/c12-9-2-3-10(17)8(6-9)7-16-5-1-4-11(13,14)15/h2-3,6,16-17H,1,4-5,7H2. The molecule has 0 saturated carbocycles. The van der Waals surface area contributed by atoms with Gasteiger partial charge in [-0.15, -0.1) is 0 Å². The fourth-order valence-corrected chi connectivity index (χ4v) is 1.53. The summed E-state index contributed by atoms with van der Waals surface area (Å²) in [6.07, 6.45) is -4.90. The summed E-state index contributed by atoms with van der Waals surface area (Å²) in [5.41, 5.74) is 0.574. The fourth-order valence-electron chi connectivity index (χ4n) is 1.33. The maximum atomic E-state index is 11.8. The van der Waals surface area contributed by atoms with Gasteiger partial charge in [-0.2, -0.15) is 13.2 Å². The van der Waals surface area contributed by atoms with Crippen LogP contribution in [0.2, 0.25) is 5.02 Å². The number of halogens is 4. The Balaban J connectivity index is 2.29. The van der Waals surface area contributed by atoms with Crippen LogP contribution < -0.4 is 5.32 Å². The highest BCUT2D eigenvalue weighted by Gasteiger charge is 2.25. The SMILES string of the molecule is Oc1ccc(Cl)cc1CNCCCC(F)(F)F. The van der Waals surface area contributed by atoms with Crippen LogP contribution in [0.5, 0.6) is 5.75 Å². The molecule has 0 bridgehead atoms. The highest BCUT2D eigenvalue weighted by molar-refractivity contribution is 6.30. The van der Waals surface area contributed by atoms with Crippen LogP contribution >= 0.6 is 11.6 Å². The average molecular weight is 268 g/mol. The molecule has 0 amide bonds. The zero-order valence-electron chi connectivity index (χ0n) is 9.02. The molecule has 1 rings (SSSR count). The van der Waals surface area contributed by atoms with Gasteiger partial charge in [0.05, 0.1) is 0 Å². The molecule has 0 spiro atoms. The van der Waals surface area contributed by atoms with Gasteiger partial charge in [-0.1, -0.05) is 11.6 Å². The summed E-state index contributed by atoms with van der Waals surface area (Å²) in [5, 5.41) is 12.7. The number of alkyl halides is 3. The summed E-state index contributed by atoms with van der Waals surface area (Å²) < 4.78 is 35.5. The van der Waals surface area contributed by atoms with E-state index in [0.717, 1.165) is 0 Å². The number of hydrogen-bond acceptors (Lipinski definition) is 2. The van der Waals surface area contributed by atoms with E-state index in [0.29, 0.717) is 17.1 Å². The third-order valence-corrected chi connectivity index (χ3v) is 2.41. The lowest BCUT2D eigenvalue weighted by atomic mass is 10.2. The van der Waals surface area contributed by atoms with Gasteiger partial charge >= 0.3 is 6.18 Å². The molecule has 0 unspecified atom stereocenters. The van der Waals surface area contributed by atoms with Gasteiger partial charge < -0.3 is 10.4 Å². The summed E-state index contributed by atoms with van der Waals surface area (Å²) in [6, 6.07) is 4.58. The number of nitrogens with one attached hydrogen (secondary N) is 1. The van der Waals surface area contributed by atoms with Crippen molar-refractivity contribution < 1.29 is 18.3 Å². The van der Waals surface area contributed by atoms with Gasteiger partial charge in [0.15, 0.2) is 0 Å². The minimum atomic E-state index is -4.11. The van der Waals surface area contributed by atoms with E-state index in [-0.39, 0.29) is 18.7 Å². The molecule has 0 aliphatic carbocycles. The highest BCUT2D eigenvalue weighted by atomic mass is 35.5. The second kappa shape index (κ2) is 6.12.